The minimum Gasteiger partial charge on any atom is -0.313 e. The number of benzene rings is 2. The second-order valence-corrected chi connectivity index (χ2v) is 5.34. The third kappa shape index (κ3) is 3.57. The van der Waals surface area contributed by atoms with Crippen LogP contribution in [-0.4, -0.2) is 7.05 Å². The largest absolute Gasteiger partial charge is 0.313 e. The molecule has 0 heterocycles. The van der Waals surface area contributed by atoms with Crippen LogP contribution in [0.25, 0.3) is 0 Å². The van der Waals surface area contributed by atoms with Crippen LogP contribution < -0.4 is 5.32 Å². The number of hydrogen-bond acceptors (Lipinski definition) is 1. The average molecular weight is 314 g/mol. The van der Waals surface area contributed by atoms with E-state index in [0.29, 0.717) is 21.7 Å². The van der Waals surface area contributed by atoms with Gasteiger partial charge in [-0.2, -0.15) is 0 Å². The van der Waals surface area contributed by atoms with Crippen molar-refractivity contribution >= 4 is 11.6 Å². The van der Waals surface area contributed by atoms with Crippen LogP contribution in [0.1, 0.15) is 22.7 Å². The van der Waals surface area contributed by atoms with Gasteiger partial charge in [-0.3, -0.25) is 0 Å². The highest BCUT2D eigenvalue weighted by Gasteiger charge is 2.18. The van der Waals surface area contributed by atoms with Crippen LogP contribution in [0, 0.1) is 24.4 Å². The molecule has 0 amide bonds. The van der Waals surface area contributed by atoms with Gasteiger partial charge < -0.3 is 5.32 Å². The summed E-state index contributed by atoms with van der Waals surface area (Å²) >= 11 is 5.86. The highest BCUT2D eigenvalue weighted by atomic mass is 35.5. The summed E-state index contributed by atoms with van der Waals surface area (Å²) in [5.74, 6) is -1.65. The highest BCUT2D eigenvalue weighted by molar-refractivity contribution is 6.30. The van der Waals surface area contributed by atoms with Crippen molar-refractivity contribution in [3.05, 3.63) is 69.5 Å². The molecule has 1 nitrogen and oxygen atoms in total. The molecule has 0 aromatic heterocycles. The van der Waals surface area contributed by atoms with E-state index in [2.05, 4.69) is 5.32 Å². The lowest BCUT2D eigenvalue weighted by molar-refractivity contribution is 0.509. The average Bonchev–Trinajstić information content (AvgIpc) is 2.44. The van der Waals surface area contributed by atoms with Gasteiger partial charge in [-0.25, -0.2) is 13.2 Å². The van der Waals surface area contributed by atoms with Gasteiger partial charge >= 0.3 is 0 Å². The Balaban J connectivity index is 2.36. The molecule has 0 aliphatic carbocycles. The second-order valence-electron chi connectivity index (χ2n) is 4.90. The molecule has 0 aliphatic heterocycles. The van der Waals surface area contributed by atoms with Crippen molar-refractivity contribution in [2.75, 3.05) is 7.05 Å². The molecule has 1 unspecified atom stereocenters. The highest BCUT2D eigenvalue weighted by Crippen LogP contribution is 2.26. The van der Waals surface area contributed by atoms with Gasteiger partial charge in [0.15, 0.2) is 0 Å². The molecule has 0 spiro atoms. The smallest absolute Gasteiger partial charge is 0.130 e. The molecule has 21 heavy (non-hydrogen) atoms. The predicted molar refractivity (Wildman–Crippen MR) is 78.0 cm³/mol. The summed E-state index contributed by atoms with van der Waals surface area (Å²) in [7, 11) is 1.64. The number of likely N-dealkylation sites (N-methyl/N-ethyl adjacent to an activating group) is 1. The fourth-order valence-electron chi connectivity index (χ4n) is 2.23. The van der Waals surface area contributed by atoms with E-state index in [1.807, 2.05) is 0 Å². The Bertz CT molecular complexity index is 658. The number of hydrogen-bond donors (Lipinski definition) is 1. The third-order valence-electron chi connectivity index (χ3n) is 3.43. The van der Waals surface area contributed by atoms with Crippen molar-refractivity contribution in [1.82, 2.24) is 5.32 Å². The lowest BCUT2D eigenvalue weighted by atomic mass is 9.96. The molecule has 0 fully saturated rings. The van der Waals surface area contributed by atoms with Gasteiger partial charge in [-0.1, -0.05) is 11.6 Å². The van der Waals surface area contributed by atoms with E-state index >= 15 is 0 Å². The molecule has 1 atom stereocenters. The summed E-state index contributed by atoms with van der Waals surface area (Å²) in [5.41, 5.74) is 1.03. The zero-order chi connectivity index (χ0) is 15.6. The summed E-state index contributed by atoms with van der Waals surface area (Å²) in [4.78, 5) is 0. The Hall–Kier alpha value is -1.52. The van der Waals surface area contributed by atoms with Gasteiger partial charge in [0, 0.05) is 22.7 Å². The Labute approximate surface area is 126 Å². The van der Waals surface area contributed by atoms with Crippen molar-refractivity contribution in [3.63, 3.8) is 0 Å². The minimum atomic E-state index is -0.653. The molecular weight excluding hydrogens is 299 g/mol. The Morgan fingerprint density at radius 2 is 1.76 bits per heavy atom. The zero-order valence-electron chi connectivity index (χ0n) is 11.7. The fraction of sp³-hybridized carbons (Fsp3) is 0.250. The van der Waals surface area contributed by atoms with E-state index in [4.69, 9.17) is 11.6 Å². The molecule has 2 aromatic carbocycles. The molecule has 0 saturated heterocycles. The standard InChI is InChI=1S/C16H15ClF3N/c1-9-5-12(15(20)8-14(9)19)16(21-2)7-10-6-11(17)3-4-13(10)18/h3-6,8,16,21H,7H2,1-2H3. The SMILES string of the molecule is CNC(Cc1cc(Cl)ccc1F)c1cc(C)c(F)cc1F. The molecular formula is C16H15ClF3N. The molecule has 5 heteroatoms. The van der Waals surface area contributed by atoms with Crippen LogP contribution in [-0.2, 0) is 6.42 Å². The Morgan fingerprint density at radius 1 is 1.05 bits per heavy atom. The van der Waals surface area contributed by atoms with Crippen LogP contribution in [0.15, 0.2) is 30.3 Å². The lowest BCUT2D eigenvalue weighted by Crippen LogP contribution is -2.21. The lowest BCUT2D eigenvalue weighted by Gasteiger charge is -2.19. The van der Waals surface area contributed by atoms with Crippen LogP contribution in [0.4, 0.5) is 13.2 Å². The summed E-state index contributed by atoms with van der Waals surface area (Å²) in [5, 5.41) is 3.34. The molecule has 2 aromatic rings. The van der Waals surface area contributed by atoms with E-state index in [9.17, 15) is 13.2 Å². The van der Waals surface area contributed by atoms with Crippen molar-refractivity contribution in [2.24, 2.45) is 0 Å². The van der Waals surface area contributed by atoms with Crippen molar-refractivity contribution in [1.29, 1.82) is 0 Å². The van der Waals surface area contributed by atoms with E-state index in [1.54, 1.807) is 14.0 Å². The van der Waals surface area contributed by atoms with Crippen LogP contribution >= 0.6 is 11.6 Å². The van der Waals surface area contributed by atoms with Gasteiger partial charge in [0.25, 0.3) is 0 Å². The second kappa shape index (κ2) is 6.50. The third-order valence-corrected chi connectivity index (χ3v) is 3.67. The summed E-state index contributed by atoms with van der Waals surface area (Å²) in [6.45, 7) is 1.56. The molecule has 2 rings (SSSR count). The predicted octanol–water partition coefficient (Wildman–Crippen LogP) is 4.57. The summed E-state index contributed by atoms with van der Waals surface area (Å²) in [6, 6.07) is 6.05. The Morgan fingerprint density at radius 3 is 2.43 bits per heavy atom. The van der Waals surface area contributed by atoms with Gasteiger partial charge in [-0.15, -0.1) is 0 Å². The first-order valence-electron chi connectivity index (χ1n) is 6.49. The molecule has 0 radical (unpaired) electrons. The van der Waals surface area contributed by atoms with Crippen molar-refractivity contribution in [2.45, 2.75) is 19.4 Å². The maximum absolute atomic E-state index is 14.0. The molecule has 0 bridgehead atoms. The number of rotatable bonds is 4. The maximum atomic E-state index is 14.0. The molecule has 0 saturated carbocycles. The number of aryl methyl sites for hydroxylation is 1. The van der Waals surface area contributed by atoms with E-state index in [-0.39, 0.29) is 6.42 Å². The monoisotopic (exact) mass is 313 g/mol. The Kier molecular flexibility index (Phi) is 4.91. The fourth-order valence-corrected chi connectivity index (χ4v) is 2.43. The first kappa shape index (κ1) is 15.9. The maximum Gasteiger partial charge on any atom is 0.130 e. The van der Waals surface area contributed by atoms with Crippen LogP contribution in [0.5, 0.6) is 0 Å². The molecule has 112 valence electrons. The normalized spacial score (nSPS) is 12.5. The van der Waals surface area contributed by atoms with Crippen LogP contribution in [0.3, 0.4) is 0 Å². The number of nitrogens with one attached hydrogen (secondary N) is 1. The first-order chi connectivity index (χ1) is 9.92. The van der Waals surface area contributed by atoms with E-state index < -0.39 is 23.5 Å². The molecule has 1 N–H and O–H groups in total. The topological polar surface area (TPSA) is 12.0 Å². The van der Waals surface area contributed by atoms with Gasteiger partial charge in [0.05, 0.1) is 0 Å². The van der Waals surface area contributed by atoms with Gasteiger partial charge in [0.1, 0.15) is 17.5 Å². The van der Waals surface area contributed by atoms with E-state index in [0.717, 1.165) is 6.07 Å². The van der Waals surface area contributed by atoms with Crippen molar-refractivity contribution in [3.8, 4) is 0 Å². The molecule has 0 aliphatic rings. The number of halogens is 4. The van der Waals surface area contributed by atoms with Gasteiger partial charge in [0.2, 0.25) is 0 Å². The van der Waals surface area contributed by atoms with Gasteiger partial charge in [-0.05, 0) is 55.8 Å². The summed E-state index contributed by atoms with van der Waals surface area (Å²) in [6.07, 6.45) is 0.213. The minimum absolute atomic E-state index is 0.213. The quantitative estimate of drug-likeness (QED) is 0.872. The van der Waals surface area contributed by atoms with E-state index in [1.165, 1.54) is 24.3 Å². The first-order valence-corrected chi connectivity index (χ1v) is 6.87. The van der Waals surface area contributed by atoms with Crippen molar-refractivity contribution < 1.29 is 13.2 Å². The van der Waals surface area contributed by atoms with Crippen LogP contribution in [0.2, 0.25) is 5.02 Å². The zero-order valence-corrected chi connectivity index (χ0v) is 12.4. The summed E-state index contributed by atoms with van der Waals surface area (Å²) < 4.78 is 41.1.